The summed E-state index contributed by atoms with van der Waals surface area (Å²) < 4.78 is 59.9. The third-order valence-corrected chi connectivity index (χ3v) is 7.37. The van der Waals surface area contributed by atoms with Crippen LogP contribution in [0.3, 0.4) is 0 Å². The van der Waals surface area contributed by atoms with Crippen molar-refractivity contribution in [1.82, 2.24) is 0 Å². The van der Waals surface area contributed by atoms with Crippen molar-refractivity contribution in [1.29, 1.82) is 0 Å². The zero-order valence-corrected chi connectivity index (χ0v) is 17.3. The minimum absolute atomic E-state index is 0.00966. The summed E-state index contributed by atoms with van der Waals surface area (Å²) in [6.07, 6.45) is -3.16. The number of rotatable bonds is 3. The highest BCUT2D eigenvalue weighted by Crippen LogP contribution is 2.64. The van der Waals surface area contributed by atoms with Crippen LogP contribution in [0.15, 0.2) is 0 Å². The van der Waals surface area contributed by atoms with Crippen LogP contribution < -0.4 is 0 Å². The van der Waals surface area contributed by atoms with Gasteiger partial charge in [0.25, 0.3) is 5.79 Å². The van der Waals surface area contributed by atoms with Gasteiger partial charge in [0, 0.05) is 23.6 Å². The number of hydrogen-bond donors (Lipinski definition) is 0. The molecule has 4 aliphatic heterocycles. The standard InChI is InChI=1S/C18H26BrF3O5/c1-10-4-5-13-11(2)17(18(20,21)22,23-9-8-19)25-14-16(13)12(10)6-7-15(3,24-14)26-27-16/h10-14H,4-9H2,1-3H3/t10-,11-,12-,13-,14+,15-,16-,17-/m0/s1. The second-order valence-electron chi connectivity index (χ2n) is 8.52. The summed E-state index contributed by atoms with van der Waals surface area (Å²) in [7, 11) is 0. The van der Waals surface area contributed by atoms with Gasteiger partial charge in [-0.15, -0.1) is 0 Å². The van der Waals surface area contributed by atoms with E-state index >= 15 is 0 Å². The van der Waals surface area contributed by atoms with Gasteiger partial charge >= 0.3 is 6.18 Å². The molecule has 4 heterocycles. The summed E-state index contributed by atoms with van der Waals surface area (Å²) in [5.74, 6) is -4.96. The zero-order valence-electron chi connectivity index (χ0n) is 15.7. The first kappa shape index (κ1) is 20.3. The molecule has 2 bridgehead atoms. The first-order valence-corrected chi connectivity index (χ1v) is 10.7. The van der Waals surface area contributed by atoms with Gasteiger partial charge in [0.15, 0.2) is 11.9 Å². The first-order valence-electron chi connectivity index (χ1n) is 9.59. The summed E-state index contributed by atoms with van der Waals surface area (Å²) in [5, 5.41) is 0.277. The van der Waals surface area contributed by atoms with E-state index in [-0.39, 0.29) is 23.8 Å². The zero-order chi connectivity index (χ0) is 19.7. The van der Waals surface area contributed by atoms with Crippen molar-refractivity contribution in [3.63, 3.8) is 0 Å². The molecule has 5 fully saturated rings. The summed E-state index contributed by atoms with van der Waals surface area (Å²) >= 11 is 3.15. The van der Waals surface area contributed by atoms with Gasteiger partial charge in [0.05, 0.1) is 6.61 Å². The number of ether oxygens (including phenoxy) is 3. The van der Waals surface area contributed by atoms with E-state index in [1.165, 1.54) is 0 Å². The van der Waals surface area contributed by atoms with Crippen molar-refractivity contribution in [3.05, 3.63) is 0 Å². The lowest BCUT2D eigenvalue weighted by atomic mass is 9.57. The van der Waals surface area contributed by atoms with Crippen molar-refractivity contribution in [2.75, 3.05) is 11.9 Å². The van der Waals surface area contributed by atoms with Crippen molar-refractivity contribution in [2.45, 2.75) is 76.1 Å². The molecule has 0 aromatic heterocycles. The van der Waals surface area contributed by atoms with Crippen LogP contribution in [0.25, 0.3) is 0 Å². The monoisotopic (exact) mass is 458 g/mol. The molecular formula is C18H26BrF3O5. The minimum atomic E-state index is -4.70. The van der Waals surface area contributed by atoms with Crippen molar-refractivity contribution in [3.8, 4) is 0 Å². The summed E-state index contributed by atoms with van der Waals surface area (Å²) in [5.41, 5.74) is -1.04. The quantitative estimate of drug-likeness (QED) is 0.458. The van der Waals surface area contributed by atoms with E-state index in [4.69, 9.17) is 24.0 Å². The first-order chi connectivity index (χ1) is 12.6. The van der Waals surface area contributed by atoms with Crippen LogP contribution in [0.1, 0.15) is 46.5 Å². The van der Waals surface area contributed by atoms with Gasteiger partial charge in [-0.1, -0.05) is 29.8 Å². The van der Waals surface area contributed by atoms with Gasteiger partial charge in [-0.2, -0.15) is 13.2 Å². The number of halogens is 4. The van der Waals surface area contributed by atoms with Gasteiger partial charge in [0.1, 0.15) is 0 Å². The average Bonchev–Trinajstić information content (AvgIpc) is 2.82. The molecule has 0 unspecified atom stereocenters. The molecule has 1 aliphatic carbocycles. The lowest BCUT2D eigenvalue weighted by molar-refractivity contribution is -0.598. The minimum Gasteiger partial charge on any atom is -0.341 e. The fourth-order valence-electron chi connectivity index (χ4n) is 5.68. The molecule has 27 heavy (non-hydrogen) atoms. The number of alkyl halides is 4. The van der Waals surface area contributed by atoms with Gasteiger partial charge in [-0.05, 0) is 38.0 Å². The lowest BCUT2D eigenvalue weighted by Crippen LogP contribution is -2.76. The molecule has 5 nitrogen and oxygen atoms in total. The Balaban J connectivity index is 1.82. The summed E-state index contributed by atoms with van der Waals surface area (Å²) in [6, 6.07) is 0. The fourth-order valence-corrected chi connectivity index (χ4v) is 5.84. The van der Waals surface area contributed by atoms with E-state index in [1.807, 2.05) is 0 Å². The Labute approximate surface area is 165 Å². The predicted molar refractivity (Wildman–Crippen MR) is 91.6 cm³/mol. The molecule has 1 saturated carbocycles. The molecule has 0 N–H and O–H groups in total. The normalized spacial score (nSPS) is 52.3. The Bertz CT molecular complexity index is 592. The maximum absolute atomic E-state index is 14.3. The Morgan fingerprint density at radius 2 is 1.81 bits per heavy atom. The second-order valence-corrected chi connectivity index (χ2v) is 9.31. The molecule has 156 valence electrons. The van der Waals surface area contributed by atoms with Gasteiger partial charge in [0.2, 0.25) is 5.79 Å². The highest BCUT2D eigenvalue weighted by Gasteiger charge is 2.77. The van der Waals surface area contributed by atoms with Crippen molar-refractivity contribution in [2.24, 2.45) is 23.7 Å². The van der Waals surface area contributed by atoms with E-state index < -0.39 is 41.5 Å². The predicted octanol–water partition coefficient (Wildman–Crippen LogP) is 4.54. The molecule has 8 atom stereocenters. The van der Waals surface area contributed by atoms with Crippen molar-refractivity contribution >= 4 is 15.9 Å². The number of hydrogen-bond acceptors (Lipinski definition) is 5. The smallest absolute Gasteiger partial charge is 0.341 e. The van der Waals surface area contributed by atoms with E-state index in [1.54, 1.807) is 13.8 Å². The maximum atomic E-state index is 14.3. The molecule has 1 spiro atoms. The highest BCUT2D eigenvalue weighted by atomic mass is 79.9. The van der Waals surface area contributed by atoms with E-state index in [0.29, 0.717) is 12.8 Å². The molecule has 4 saturated heterocycles. The molecule has 0 aromatic carbocycles. The Morgan fingerprint density at radius 1 is 1.07 bits per heavy atom. The SMILES string of the molecule is C[C@H]1CC[C@H]2[C@H](C)[C@@](OCCBr)(C(F)(F)F)O[C@H]3O[C@]4(C)CC[C@@H]1[C@@]32OO4. The molecule has 5 aliphatic rings. The van der Waals surface area contributed by atoms with Gasteiger partial charge < -0.3 is 14.2 Å². The van der Waals surface area contributed by atoms with Gasteiger partial charge in [-0.3, -0.25) is 0 Å². The van der Waals surface area contributed by atoms with Crippen LogP contribution in [0.2, 0.25) is 0 Å². The Morgan fingerprint density at radius 3 is 2.48 bits per heavy atom. The topological polar surface area (TPSA) is 46.2 Å². The Kier molecular flexibility index (Phi) is 4.93. The molecule has 9 heteroatoms. The number of fused-ring (bicyclic) bond motifs is 2. The van der Waals surface area contributed by atoms with Crippen LogP contribution >= 0.6 is 15.9 Å². The molecule has 0 aromatic rings. The summed E-state index contributed by atoms with van der Waals surface area (Å²) in [4.78, 5) is 11.5. The third-order valence-electron chi connectivity index (χ3n) is 7.05. The van der Waals surface area contributed by atoms with E-state index in [2.05, 4.69) is 22.9 Å². The maximum Gasteiger partial charge on any atom is 0.443 e. The van der Waals surface area contributed by atoms with Crippen LogP contribution in [-0.2, 0) is 24.0 Å². The molecule has 0 radical (unpaired) electrons. The summed E-state index contributed by atoms with van der Waals surface area (Å²) in [6.45, 7) is 5.23. The average molecular weight is 459 g/mol. The van der Waals surface area contributed by atoms with E-state index in [0.717, 1.165) is 12.8 Å². The van der Waals surface area contributed by atoms with Crippen LogP contribution in [0, 0.1) is 23.7 Å². The fraction of sp³-hybridized carbons (Fsp3) is 1.00. The van der Waals surface area contributed by atoms with Crippen LogP contribution in [0.4, 0.5) is 13.2 Å². The lowest BCUT2D eigenvalue weighted by Gasteiger charge is -2.62. The molecular weight excluding hydrogens is 433 g/mol. The van der Waals surface area contributed by atoms with Crippen molar-refractivity contribution < 1.29 is 37.2 Å². The molecule has 5 rings (SSSR count). The van der Waals surface area contributed by atoms with Crippen LogP contribution in [0.5, 0.6) is 0 Å². The third kappa shape index (κ3) is 2.75. The second kappa shape index (κ2) is 6.54. The van der Waals surface area contributed by atoms with Gasteiger partial charge in [-0.25, -0.2) is 9.78 Å². The van der Waals surface area contributed by atoms with E-state index in [9.17, 15) is 13.2 Å². The largest absolute Gasteiger partial charge is 0.443 e. The highest BCUT2D eigenvalue weighted by molar-refractivity contribution is 9.09. The van der Waals surface area contributed by atoms with Crippen LogP contribution in [-0.4, -0.2) is 41.6 Å². The Hall–Kier alpha value is 0.0700. The molecule has 0 amide bonds.